The lowest BCUT2D eigenvalue weighted by molar-refractivity contribution is -0.134. The van der Waals surface area contributed by atoms with Crippen molar-refractivity contribution in [2.75, 3.05) is 13.7 Å². The van der Waals surface area contributed by atoms with Crippen molar-refractivity contribution in [3.8, 4) is 0 Å². The topological polar surface area (TPSA) is 76.7 Å². The molecule has 2 amide bonds. The van der Waals surface area contributed by atoms with Gasteiger partial charge >= 0.3 is 0 Å². The van der Waals surface area contributed by atoms with Crippen molar-refractivity contribution >= 4 is 11.8 Å². The summed E-state index contributed by atoms with van der Waals surface area (Å²) in [5.74, 6) is -0.135. The van der Waals surface area contributed by atoms with Crippen LogP contribution in [0.4, 0.5) is 0 Å². The molecule has 2 saturated heterocycles. The number of hydrogen-bond donors (Lipinski definition) is 2. The Hall–Kier alpha value is -1.14. The number of carbonyl (C=O) groups is 2. The molecule has 2 heterocycles. The first-order chi connectivity index (χ1) is 10.4. The van der Waals surface area contributed by atoms with Gasteiger partial charge in [-0.15, -0.1) is 0 Å². The normalized spacial score (nSPS) is 29.4. The highest BCUT2D eigenvalue weighted by molar-refractivity contribution is 5.88. The van der Waals surface area contributed by atoms with E-state index in [1.807, 2.05) is 6.92 Å². The molecule has 0 spiro atoms. The van der Waals surface area contributed by atoms with Gasteiger partial charge < -0.3 is 20.1 Å². The van der Waals surface area contributed by atoms with Crippen LogP contribution in [0.5, 0.6) is 0 Å². The summed E-state index contributed by atoms with van der Waals surface area (Å²) in [5.41, 5.74) is 0. The van der Waals surface area contributed by atoms with Crippen LogP contribution in [0.15, 0.2) is 0 Å². The molecule has 22 heavy (non-hydrogen) atoms. The fraction of sp³-hybridized carbons (Fsp3) is 0.875. The molecule has 3 unspecified atom stereocenters. The zero-order chi connectivity index (χ0) is 16.3. The van der Waals surface area contributed by atoms with Crippen molar-refractivity contribution in [1.82, 2.24) is 10.6 Å². The van der Waals surface area contributed by atoms with Crippen molar-refractivity contribution in [2.24, 2.45) is 11.8 Å². The first-order valence-corrected chi connectivity index (χ1v) is 8.21. The van der Waals surface area contributed by atoms with Gasteiger partial charge in [0, 0.05) is 18.9 Å². The van der Waals surface area contributed by atoms with Gasteiger partial charge in [-0.3, -0.25) is 9.59 Å². The van der Waals surface area contributed by atoms with Gasteiger partial charge in [-0.25, -0.2) is 0 Å². The van der Waals surface area contributed by atoms with E-state index in [-0.39, 0.29) is 23.8 Å². The molecular weight excluding hydrogens is 284 g/mol. The van der Waals surface area contributed by atoms with E-state index in [1.165, 1.54) is 0 Å². The third-order valence-corrected chi connectivity index (χ3v) is 4.63. The van der Waals surface area contributed by atoms with Crippen LogP contribution >= 0.6 is 0 Å². The molecule has 2 aliphatic heterocycles. The number of fused-ring (bicyclic) bond motifs is 2. The van der Waals surface area contributed by atoms with E-state index in [2.05, 4.69) is 10.6 Å². The fourth-order valence-electron chi connectivity index (χ4n) is 3.16. The summed E-state index contributed by atoms with van der Waals surface area (Å²) >= 11 is 0. The molecule has 6 heteroatoms. The number of nitrogens with one attached hydrogen (secondary N) is 2. The largest absolute Gasteiger partial charge is 0.375 e. The minimum absolute atomic E-state index is 0.146. The van der Waals surface area contributed by atoms with Crippen LogP contribution in [-0.2, 0) is 19.1 Å². The van der Waals surface area contributed by atoms with E-state index in [1.54, 1.807) is 20.9 Å². The van der Waals surface area contributed by atoms with Gasteiger partial charge in [0.15, 0.2) is 0 Å². The maximum atomic E-state index is 12.0. The van der Waals surface area contributed by atoms with E-state index in [9.17, 15) is 9.59 Å². The number of hydrogen-bond acceptors (Lipinski definition) is 4. The van der Waals surface area contributed by atoms with Gasteiger partial charge in [-0.05, 0) is 26.2 Å². The summed E-state index contributed by atoms with van der Waals surface area (Å²) in [6.45, 7) is 6.00. The zero-order valence-electron chi connectivity index (χ0n) is 13.9. The maximum absolute atomic E-state index is 12.0. The van der Waals surface area contributed by atoms with Gasteiger partial charge in [-0.2, -0.15) is 0 Å². The first kappa shape index (κ1) is 17.2. The zero-order valence-corrected chi connectivity index (χ0v) is 13.9. The average Bonchev–Trinajstić information content (AvgIpc) is 3.11. The third-order valence-electron chi connectivity index (χ3n) is 4.63. The van der Waals surface area contributed by atoms with Crippen LogP contribution in [0.1, 0.15) is 40.0 Å². The van der Waals surface area contributed by atoms with Crippen molar-refractivity contribution in [3.05, 3.63) is 0 Å². The van der Waals surface area contributed by atoms with E-state index in [0.29, 0.717) is 24.7 Å². The summed E-state index contributed by atoms with van der Waals surface area (Å²) in [5, 5.41) is 5.36. The smallest absolute Gasteiger partial charge is 0.245 e. The summed E-state index contributed by atoms with van der Waals surface area (Å²) in [6, 6.07) is -0.667. The van der Waals surface area contributed by atoms with Gasteiger partial charge in [0.05, 0.1) is 24.9 Å². The van der Waals surface area contributed by atoms with Crippen molar-refractivity contribution in [2.45, 2.75) is 64.4 Å². The Kier molecular flexibility index (Phi) is 5.81. The average molecular weight is 312 g/mol. The molecule has 0 aliphatic carbocycles. The molecule has 2 N–H and O–H groups in total. The SMILES string of the molecule is CNC(=O)C(NC(=O)C(C)C)C(C)OCC1C[C@H]2CC[C@@H]1O2. The Morgan fingerprint density at radius 3 is 2.45 bits per heavy atom. The van der Waals surface area contributed by atoms with Gasteiger partial charge in [0.1, 0.15) is 6.04 Å². The molecule has 5 atom stereocenters. The fourth-order valence-corrected chi connectivity index (χ4v) is 3.16. The quantitative estimate of drug-likeness (QED) is 0.730. The van der Waals surface area contributed by atoms with Crippen molar-refractivity contribution in [1.29, 1.82) is 0 Å². The Labute approximate surface area is 132 Å². The number of likely N-dealkylation sites (N-methyl/N-ethyl adjacent to an activating group) is 1. The molecule has 126 valence electrons. The Bertz CT molecular complexity index is 413. The predicted molar refractivity (Wildman–Crippen MR) is 82.3 cm³/mol. The lowest BCUT2D eigenvalue weighted by Crippen LogP contribution is -2.53. The van der Waals surface area contributed by atoms with Gasteiger partial charge in [0.25, 0.3) is 0 Å². The first-order valence-electron chi connectivity index (χ1n) is 8.21. The summed E-state index contributed by atoms with van der Waals surface area (Å²) in [6.07, 6.45) is 3.63. The van der Waals surface area contributed by atoms with E-state index in [0.717, 1.165) is 19.3 Å². The predicted octanol–water partition coefficient (Wildman–Crippen LogP) is 0.846. The highest BCUT2D eigenvalue weighted by Crippen LogP contribution is 2.38. The standard InChI is InChI=1S/C16H28N2O4/c1-9(2)15(19)18-14(16(20)17-4)10(3)21-8-11-7-12-5-6-13(11)22-12/h9-14H,5-8H2,1-4H3,(H,17,20)(H,18,19)/t10?,11?,12-,13+,14?/m1/s1. The highest BCUT2D eigenvalue weighted by Gasteiger charge is 2.41. The number of amides is 2. The Morgan fingerprint density at radius 2 is 1.95 bits per heavy atom. The summed E-state index contributed by atoms with van der Waals surface area (Å²) in [7, 11) is 1.56. The molecular formula is C16H28N2O4. The van der Waals surface area contributed by atoms with Crippen molar-refractivity contribution in [3.63, 3.8) is 0 Å². The number of carbonyl (C=O) groups excluding carboxylic acids is 2. The summed E-state index contributed by atoms with van der Waals surface area (Å²) in [4.78, 5) is 23.9. The second-order valence-corrected chi connectivity index (χ2v) is 6.66. The lowest BCUT2D eigenvalue weighted by Gasteiger charge is -2.27. The molecule has 6 nitrogen and oxygen atoms in total. The van der Waals surface area contributed by atoms with Crippen LogP contribution in [0.3, 0.4) is 0 Å². The van der Waals surface area contributed by atoms with E-state index >= 15 is 0 Å². The van der Waals surface area contributed by atoms with Gasteiger partial charge in [0.2, 0.25) is 11.8 Å². The molecule has 0 saturated carbocycles. The minimum atomic E-state index is -0.667. The highest BCUT2D eigenvalue weighted by atomic mass is 16.5. The molecule has 0 aromatic rings. The molecule has 0 radical (unpaired) electrons. The molecule has 2 aliphatic rings. The van der Waals surface area contributed by atoms with E-state index in [4.69, 9.17) is 9.47 Å². The molecule has 0 aromatic heterocycles. The second-order valence-electron chi connectivity index (χ2n) is 6.66. The van der Waals surface area contributed by atoms with Crippen LogP contribution in [0, 0.1) is 11.8 Å². The van der Waals surface area contributed by atoms with Crippen molar-refractivity contribution < 1.29 is 19.1 Å². The second kappa shape index (κ2) is 7.42. The number of ether oxygens (including phenoxy) is 2. The molecule has 2 rings (SSSR count). The monoisotopic (exact) mass is 312 g/mol. The van der Waals surface area contributed by atoms with E-state index < -0.39 is 6.04 Å². The molecule has 2 fully saturated rings. The Morgan fingerprint density at radius 1 is 1.23 bits per heavy atom. The van der Waals surface area contributed by atoms with Gasteiger partial charge in [-0.1, -0.05) is 13.8 Å². The van der Waals surface area contributed by atoms with Crippen LogP contribution in [0.25, 0.3) is 0 Å². The molecule has 2 bridgehead atoms. The lowest BCUT2D eigenvalue weighted by atomic mass is 9.90. The number of rotatable bonds is 7. The van der Waals surface area contributed by atoms with Crippen LogP contribution in [0.2, 0.25) is 0 Å². The Balaban J connectivity index is 1.86. The molecule has 0 aromatic carbocycles. The minimum Gasteiger partial charge on any atom is -0.375 e. The maximum Gasteiger partial charge on any atom is 0.245 e. The summed E-state index contributed by atoms with van der Waals surface area (Å²) < 4.78 is 11.7. The van der Waals surface area contributed by atoms with Crippen LogP contribution in [-0.4, -0.2) is 49.8 Å². The van der Waals surface area contributed by atoms with Crippen LogP contribution < -0.4 is 10.6 Å². The third kappa shape index (κ3) is 3.98.